The zero-order valence-corrected chi connectivity index (χ0v) is 10.0. The number of anilines is 1. The second-order valence-electron chi connectivity index (χ2n) is 3.11. The van der Waals surface area contributed by atoms with Crippen molar-refractivity contribution in [3.63, 3.8) is 0 Å². The zero-order chi connectivity index (χ0) is 12.1. The Kier molecular flexibility index (Phi) is 4.08. The summed E-state index contributed by atoms with van der Waals surface area (Å²) < 4.78 is 25.4. The van der Waals surface area contributed by atoms with Gasteiger partial charge in [0.1, 0.15) is 5.52 Å². The first-order valence-corrected chi connectivity index (χ1v) is 5.98. The van der Waals surface area contributed by atoms with Crippen LogP contribution >= 0.6 is 0 Å². The van der Waals surface area contributed by atoms with Crippen LogP contribution in [0.15, 0.2) is 28.7 Å². The Hall–Kier alpha value is -1.44. The van der Waals surface area contributed by atoms with Gasteiger partial charge in [-0.3, -0.25) is 8.37 Å². The van der Waals surface area contributed by atoms with Crippen molar-refractivity contribution in [2.75, 3.05) is 25.6 Å². The highest BCUT2D eigenvalue weighted by Gasteiger charge is 2.04. The molecule has 2 aromatic rings. The summed E-state index contributed by atoms with van der Waals surface area (Å²) in [6.45, 7) is 0.668. The number of aromatic nitrogens is 1. The van der Waals surface area contributed by atoms with Gasteiger partial charge < -0.3 is 9.73 Å². The van der Waals surface area contributed by atoms with E-state index in [4.69, 9.17) is 8.60 Å². The molecule has 0 aliphatic carbocycles. The molecule has 92 valence electrons. The standard InChI is InChI=1S/C10H12N2O4S/c1-14-17(13)15-7-6-11-10-12-8-4-2-3-5-9(8)16-10/h2-5H,6-7H2,1H3,(H,11,12). The van der Waals surface area contributed by atoms with Crippen molar-refractivity contribution < 1.29 is 17.0 Å². The van der Waals surface area contributed by atoms with Gasteiger partial charge in [-0.05, 0) is 12.1 Å². The van der Waals surface area contributed by atoms with Crippen LogP contribution in [0.5, 0.6) is 0 Å². The first kappa shape index (κ1) is 12.0. The molecule has 0 radical (unpaired) electrons. The number of nitrogens with one attached hydrogen (secondary N) is 1. The van der Waals surface area contributed by atoms with Gasteiger partial charge in [0.15, 0.2) is 5.58 Å². The van der Waals surface area contributed by atoms with E-state index in [0.717, 1.165) is 11.1 Å². The number of oxazole rings is 1. The molecule has 1 aromatic heterocycles. The van der Waals surface area contributed by atoms with Gasteiger partial charge in [0.05, 0.1) is 13.7 Å². The Balaban J connectivity index is 1.85. The maximum Gasteiger partial charge on any atom is 0.304 e. The van der Waals surface area contributed by atoms with Crippen LogP contribution in [-0.2, 0) is 19.7 Å². The van der Waals surface area contributed by atoms with Crippen LogP contribution in [-0.4, -0.2) is 29.5 Å². The van der Waals surface area contributed by atoms with Gasteiger partial charge in [-0.25, -0.2) is 0 Å². The molecule has 0 aliphatic heterocycles. The van der Waals surface area contributed by atoms with Crippen molar-refractivity contribution >= 4 is 28.5 Å². The minimum absolute atomic E-state index is 0.235. The number of para-hydroxylation sites is 2. The molecular formula is C10H12N2O4S. The van der Waals surface area contributed by atoms with Gasteiger partial charge >= 0.3 is 11.4 Å². The molecule has 0 saturated carbocycles. The van der Waals surface area contributed by atoms with E-state index in [-0.39, 0.29) is 6.61 Å². The van der Waals surface area contributed by atoms with Crippen molar-refractivity contribution in [2.24, 2.45) is 0 Å². The second kappa shape index (κ2) is 5.76. The molecule has 0 saturated heterocycles. The van der Waals surface area contributed by atoms with Crippen molar-refractivity contribution in [1.82, 2.24) is 4.98 Å². The molecule has 1 aromatic carbocycles. The topological polar surface area (TPSA) is 73.6 Å². The van der Waals surface area contributed by atoms with Gasteiger partial charge in [0.2, 0.25) is 0 Å². The number of fused-ring (bicyclic) bond motifs is 1. The Labute approximate surface area is 101 Å². The molecule has 0 amide bonds. The normalized spacial score (nSPS) is 12.8. The van der Waals surface area contributed by atoms with Crippen LogP contribution in [0.3, 0.4) is 0 Å². The lowest BCUT2D eigenvalue weighted by molar-refractivity contribution is 0.291. The summed E-state index contributed by atoms with van der Waals surface area (Å²) in [6.07, 6.45) is 0. The van der Waals surface area contributed by atoms with Gasteiger partial charge in [-0.1, -0.05) is 12.1 Å². The molecule has 1 unspecified atom stereocenters. The summed E-state index contributed by atoms with van der Waals surface area (Å²) in [4.78, 5) is 4.21. The van der Waals surface area contributed by atoms with E-state index in [9.17, 15) is 4.21 Å². The summed E-state index contributed by atoms with van der Waals surface area (Å²) in [5.74, 6) is 0. The minimum Gasteiger partial charge on any atom is -0.424 e. The maximum absolute atomic E-state index is 10.8. The third-order valence-corrected chi connectivity index (χ3v) is 2.62. The number of nitrogens with zero attached hydrogens (tertiary/aromatic N) is 1. The van der Waals surface area contributed by atoms with Crippen LogP contribution in [0.1, 0.15) is 0 Å². The van der Waals surface area contributed by atoms with Gasteiger partial charge in [0.25, 0.3) is 6.01 Å². The third kappa shape index (κ3) is 3.26. The van der Waals surface area contributed by atoms with E-state index >= 15 is 0 Å². The average molecular weight is 256 g/mol. The SMILES string of the molecule is COS(=O)OCCNc1nc2ccccc2o1. The molecule has 17 heavy (non-hydrogen) atoms. The summed E-state index contributed by atoms with van der Waals surface area (Å²) in [5, 5.41) is 2.92. The first-order valence-electron chi connectivity index (χ1n) is 4.98. The minimum atomic E-state index is -1.69. The highest BCUT2D eigenvalue weighted by molar-refractivity contribution is 7.75. The predicted molar refractivity (Wildman–Crippen MR) is 63.6 cm³/mol. The quantitative estimate of drug-likeness (QED) is 0.789. The highest BCUT2D eigenvalue weighted by Crippen LogP contribution is 2.17. The summed E-state index contributed by atoms with van der Waals surface area (Å²) >= 11 is -1.69. The number of hydrogen-bond acceptors (Lipinski definition) is 6. The van der Waals surface area contributed by atoms with Gasteiger partial charge in [-0.2, -0.15) is 9.19 Å². The molecule has 0 fully saturated rings. The smallest absolute Gasteiger partial charge is 0.304 e. The number of benzene rings is 1. The molecule has 7 heteroatoms. The van der Waals surface area contributed by atoms with Crippen LogP contribution in [0.2, 0.25) is 0 Å². The Morgan fingerprint density at radius 3 is 3.06 bits per heavy atom. The van der Waals surface area contributed by atoms with E-state index in [1.807, 2.05) is 24.3 Å². The van der Waals surface area contributed by atoms with E-state index in [1.165, 1.54) is 7.11 Å². The van der Waals surface area contributed by atoms with Gasteiger partial charge in [-0.15, -0.1) is 0 Å². The third-order valence-electron chi connectivity index (χ3n) is 1.99. The van der Waals surface area contributed by atoms with E-state index in [1.54, 1.807) is 0 Å². The van der Waals surface area contributed by atoms with Crippen molar-refractivity contribution in [3.05, 3.63) is 24.3 Å². The Morgan fingerprint density at radius 1 is 1.47 bits per heavy atom. The van der Waals surface area contributed by atoms with Crippen LogP contribution < -0.4 is 5.32 Å². The number of hydrogen-bond donors (Lipinski definition) is 1. The van der Waals surface area contributed by atoms with E-state index in [0.29, 0.717) is 12.6 Å². The van der Waals surface area contributed by atoms with Crippen LogP contribution in [0, 0.1) is 0 Å². The molecule has 1 atom stereocenters. The largest absolute Gasteiger partial charge is 0.424 e. The zero-order valence-electron chi connectivity index (χ0n) is 9.21. The fourth-order valence-electron chi connectivity index (χ4n) is 1.26. The Bertz CT molecular complexity index is 481. The molecule has 0 spiro atoms. The Morgan fingerprint density at radius 2 is 2.29 bits per heavy atom. The molecule has 1 N–H and O–H groups in total. The van der Waals surface area contributed by atoms with Crippen molar-refractivity contribution in [1.29, 1.82) is 0 Å². The number of rotatable bonds is 6. The summed E-state index contributed by atoms with van der Waals surface area (Å²) in [6, 6.07) is 7.88. The lowest BCUT2D eigenvalue weighted by Gasteiger charge is -2.01. The fourth-order valence-corrected chi connectivity index (χ4v) is 1.58. The molecule has 0 aliphatic rings. The predicted octanol–water partition coefficient (Wildman–Crippen LogP) is 1.48. The molecule has 6 nitrogen and oxygen atoms in total. The van der Waals surface area contributed by atoms with Gasteiger partial charge in [0, 0.05) is 6.54 Å². The van der Waals surface area contributed by atoms with E-state index < -0.39 is 11.4 Å². The fraction of sp³-hybridized carbons (Fsp3) is 0.300. The van der Waals surface area contributed by atoms with Crippen molar-refractivity contribution in [3.8, 4) is 0 Å². The van der Waals surface area contributed by atoms with Crippen LogP contribution in [0.25, 0.3) is 11.1 Å². The first-order chi connectivity index (χ1) is 8.29. The van der Waals surface area contributed by atoms with E-state index in [2.05, 4.69) is 14.5 Å². The average Bonchev–Trinajstić information content (AvgIpc) is 2.76. The maximum atomic E-state index is 10.8. The highest BCUT2D eigenvalue weighted by atomic mass is 32.2. The summed E-state index contributed by atoms with van der Waals surface area (Å²) in [7, 11) is 1.31. The molecule has 1 heterocycles. The monoisotopic (exact) mass is 256 g/mol. The lowest BCUT2D eigenvalue weighted by Crippen LogP contribution is -2.11. The molecule has 0 bridgehead atoms. The van der Waals surface area contributed by atoms with Crippen LogP contribution in [0.4, 0.5) is 6.01 Å². The lowest BCUT2D eigenvalue weighted by atomic mass is 10.3. The molecular weight excluding hydrogens is 244 g/mol. The molecule has 2 rings (SSSR count). The van der Waals surface area contributed by atoms with Crippen molar-refractivity contribution in [2.45, 2.75) is 0 Å². The summed E-state index contributed by atoms with van der Waals surface area (Å²) in [5.41, 5.74) is 1.51. The second-order valence-corrected chi connectivity index (χ2v) is 4.08.